The molecule has 0 aliphatic rings. The Bertz CT molecular complexity index is 1130. The van der Waals surface area contributed by atoms with Crippen molar-refractivity contribution in [2.24, 2.45) is 0 Å². The molecule has 0 amide bonds. The highest BCUT2D eigenvalue weighted by molar-refractivity contribution is 9.10. The maximum atomic E-state index is 10.7. The summed E-state index contributed by atoms with van der Waals surface area (Å²) in [5.74, 6) is -1.78. The van der Waals surface area contributed by atoms with Crippen LogP contribution in [0.25, 0.3) is 0 Å². The van der Waals surface area contributed by atoms with E-state index < -0.39 is 11.9 Å². The van der Waals surface area contributed by atoms with Crippen molar-refractivity contribution in [2.75, 3.05) is 5.73 Å². The lowest BCUT2D eigenvalue weighted by Crippen LogP contribution is -1.96. The Labute approximate surface area is 201 Å². The summed E-state index contributed by atoms with van der Waals surface area (Å²) in [7, 11) is 0. The molecule has 4 N–H and O–H groups in total. The van der Waals surface area contributed by atoms with E-state index in [1.165, 1.54) is 5.56 Å². The van der Waals surface area contributed by atoms with Gasteiger partial charge in [-0.2, -0.15) is 0 Å². The quantitative estimate of drug-likeness (QED) is 0.279. The van der Waals surface area contributed by atoms with Crippen molar-refractivity contribution in [1.82, 2.24) is 0 Å². The van der Waals surface area contributed by atoms with E-state index >= 15 is 0 Å². The van der Waals surface area contributed by atoms with Gasteiger partial charge in [0.05, 0.1) is 11.1 Å². The average molecular weight is 506 g/mol. The number of nitrogens with two attached hydrogens (primary N) is 1. The second-order valence-corrected chi connectivity index (χ2v) is 7.80. The molecule has 0 saturated carbocycles. The lowest BCUT2D eigenvalue weighted by molar-refractivity contribution is 0.0686. The molecular weight excluding hydrogens is 482 g/mol. The largest absolute Gasteiger partial charge is 0.478 e. The average Bonchev–Trinajstić information content (AvgIpc) is 2.82. The van der Waals surface area contributed by atoms with E-state index in [0.29, 0.717) is 11.1 Å². The molecule has 168 valence electrons. The zero-order valence-corrected chi connectivity index (χ0v) is 19.4. The van der Waals surface area contributed by atoms with Crippen LogP contribution in [-0.4, -0.2) is 22.2 Å². The van der Waals surface area contributed by atoms with E-state index in [2.05, 4.69) is 28.1 Å². The molecule has 0 aromatic heterocycles. The van der Waals surface area contributed by atoms with E-state index in [9.17, 15) is 9.59 Å². The van der Waals surface area contributed by atoms with Gasteiger partial charge in [-0.1, -0.05) is 76.6 Å². The highest BCUT2D eigenvalue weighted by Crippen LogP contribution is 2.11. The van der Waals surface area contributed by atoms with Gasteiger partial charge in [-0.25, -0.2) is 9.59 Å². The molecule has 0 atom stereocenters. The number of hydrogen-bond donors (Lipinski definition) is 3. The highest BCUT2D eigenvalue weighted by Gasteiger charge is 2.02. The number of hydrogen-bond acceptors (Lipinski definition) is 3. The van der Waals surface area contributed by atoms with Crippen LogP contribution in [0, 0.1) is 0 Å². The lowest BCUT2D eigenvalue weighted by Gasteiger charge is -2.02. The van der Waals surface area contributed by atoms with Crippen LogP contribution in [0.5, 0.6) is 0 Å². The number of rotatable bonds is 4. The first-order valence-corrected chi connectivity index (χ1v) is 10.8. The van der Waals surface area contributed by atoms with Crippen molar-refractivity contribution >= 4 is 33.6 Å². The molecule has 0 saturated heterocycles. The van der Waals surface area contributed by atoms with Crippen LogP contribution in [0.2, 0.25) is 0 Å². The molecule has 0 bridgehead atoms. The number of halogens is 1. The van der Waals surface area contributed by atoms with Crippen LogP contribution < -0.4 is 5.73 Å². The number of carbonyl (C=O) groups is 2. The van der Waals surface area contributed by atoms with E-state index in [4.69, 9.17) is 15.9 Å². The minimum absolute atomic E-state index is 0.309. The van der Waals surface area contributed by atoms with Gasteiger partial charge in [0.15, 0.2) is 0 Å². The van der Waals surface area contributed by atoms with Crippen molar-refractivity contribution in [2.45, 2.75) is 6.42 Å². The molecule has 4 rings (SSSR count). The number of nitrogen functional groups attached to an aromatic ring is 1. The van der Waals surface area contributed by atoms with Crippen molar-refractivity contribution in [3.05, 3.63) is 136 Å². The van der Waals surface area contributed by atoms with E-state index in [-0.39, 0.29) is 0 Å². The molecule has 4 aromatic rings. The monoisotopic (exact) mass is 505 g/mol. The number of para-hydroxylation sites is 1. The van der Waals surface area contributed by atoms with Crippen LogP contribution >= 0.6 is 15.9 Å². The van der Waals surface area contributed by atoms with Gasteiger partial charge in [0, 0.05) is 10.2 Å². The zero-order valence-electron chi connectivity index (χ0n) is 17.8. The second kappa shape index (κ2) is 13.5. The molecule has 0 spiro atoms. The first-order chi connectivity index (χ1) is 15.8. The number of benzene rings is 4. The van der Waals surface area contributed by atoms with Crippen LogP contribution in [0.1, 0.15) is 31.8 Å². The number of carboxylic acid groups (broad SMARTS) is 2. The van der Waals surface area contributed by atoms with Crippen molar-refractivity contribution < 1.29 is 19.8 Å². The summed E-state index contributed by atoms with van der Waals surface area (Å²) in [5, 5.41) is 17.2. The molecular formula is C27H24BrNO4. The molecule has 0 fully saturated rings. The highest BCUT2D eigenvalue weighted by atomic mass is 79.9. The Balaban J connectivity index is 0.000000193. The molecule has 6 heteroatoms. The Morgan fingerprint density at radius 1 is 0.606 bits per heavy atom. The predicted molar refractivity (Wildman–Crippen MR) is 135 cm³/mol. The minimum atomic E-state index is -0.896. The summed E-state index contributed by atoms with van der Waals surface area (Å²) in [6.45, 7) is 0. The van der Waals surface area contributed by atoms with Gasteiger partial charge < -0.3 is 15.9 Å². The molecule has 0 radical (unpaired) electrons. The predicted octanol–water partition coefficient (Wildman–Crippen LogP) is 6.39. The fourth-order valence-electron chi connectivity index (χ4n) is 2.64. The third kappa shape index (κ3) is 9.84. The number of carboxylic acids is 2. The van der Waals surface area contributed by atoms with Crippen molar-refractivity contribution in [3.63, 3.8) is 0 Å². The van der Waals surface area contributed by atoms with E-state index in [1.54, 1.807) is 36.4 Å². The van der Waals surface area contributed by atoms with Gasteiger partial charge in [-0.15, -0.1) is 0 Å². The van der Waals surface area contributed by atoms with Crippen LogP contribution in [-0.2, 0) is 6.42 Å². The first-order valence-electron chi connectivity index (χ1n) is 10.0. The van der Waals surface area contributed by atoms with Gasteiger partial charge in [-0.3, -0.25) is 0 Å². The summed E-state index contributed by atoms with van der Waals surface area (Å²) in [4.78, 5) is 21.0. The molecule has 5 nitrogen and oxygen atoms in total. The Hall–Kier alpha value is -3.90. The fourth-order valence-corrected chi connectivity index (χ4v) is 2.91. The smallest absolute Gasteiger partial charge is 0.335 e. The third-order valence-corrected chi connectivity index (χ3v) is 4.87. The lowest BCUT2D eigenvalue weighted by atomic mass is 10.0. The van der Waals surface area contributed by atoms with Gasteiger partial charge in [0.25, 0.3) is 0 Å². The van der Waals surface area contributed by atoms with Crippen molar-refractivity contribution in [1.29, 1.82) is 0 Å². The summed E-state index contributed by atoms with van der Waals surface area (Å²) < 4.78 is 0.887. The van der Waals surface area contributed by atoms with Crippen LogP contribution in [0.4, 0.5) is 5.69 Å². The summed E-state index contributed by atoms with van der Waals surface area (Å²) >= 11 is 3.20. The summed E-state index contributed by atoms with van der Waals surface area (Å²) in [6, 6.07) is 33.1. The maximum Gasteiger partial charge on any atom is 0.335 e. The first kappa shape index (κ1) is 25.4. The van der Waals surface area contributed by atoms with E-state index in [0.717, 1.165) is 22.1 Å². The normalized spacial score (nSPS) is 9.48. The summed E-state index contributed by atoms with van der Waals surface area (Å²) in [6.07, 6.45) is 0.834. The second-order valence-electron chi connectivity index (χ2n) is 6.89. The third-order valence-electron chi connectivity index (χ3n) is 4.34. The fraction of sp³-hybridized carbons (Fsp3) is 0.0370. The van der Waals surface area contributed by atoms with Gasteiger partial charge in [-0.05, 0) is 66.1 Å². The Morgan fingerprint density at radius 2 is 1.00 bits per heavy atom. The molecule has 0 aliphatic carbocycles. The van der Waals surface area contributed by atoms with Gasteiger partial charge in [0.1, 0.15) is 0 Å². The van der Waals surface area contributed by atoms with Crippen LogP contribution in [0.3, 0.4) is 0 Å². The number of aromatic carboxylic acids is 2. The Morgan fingerprint density at radius 3 is 1.39 bits per heavy atom. The summed E-state index contributed by atoms with van der Waals surface area (Å²) in [5.41, 5.74) is 9.17. The molecule has 0 aliphatic heterocycles. The molecule has 0 unspecified atom stereocenters. The molecule has 33 heavy (non-hydrogen) atoms. The van der Waals surface area contributed by atoms with E-state index in [1.807, 2.05) is 60.7 Å². The minimum Gasteiger partial charge on any atom is -0.478 e. The van der Waals surface area contributed by atoms with Gasteiger partial charge >= 0.3 is 11.9 Å². The molecule has 0 heterocycles. The maximum absolute atomic E-state index is 10.7. The zero-order chi connectivity index (χ0) is 24.1. The Kier molecular flexibility index (Phi) is 10.4. The topological polar surface area (TPSA) is 101 Å². The standard InChI is InChI=1S/C14H12O2.C7H5BrO2.C6H7N/c15-14(16)13-8-6-12(7-9-13)10-11-4-2-1-3-5-11;8-6-3-1-5(2-4-6)7(9)10;7-6-4-2-1-3-5-6/h1-9H,10H2,(H,15,16);1-4H,(H,9,10);1-5H,7H2. The van der Waals surface area contributed by atoms with Crippen LogP contribution in [0.15, 0.2) is 114 Å². The number of anilines is 1. The SMILES string of the molecule is Nc1ccccc1.O=C(O)c1ccc(Br)cc1.O=C(O)c1ccc(Cc2ccccc2)cc1. The van der Waals surface area contributed by atoms with Gasteiger partial charge in [0.2, 0.25) is 0 Å². The van der Waals surface area contributed by atoms with Crippen molar-refractivity contribution in [3.8, 4) is 0 Å². The molecule has 4 aromatic carbocycles.